The lowest BCUT2D eigenvalue weighted by molar-refractivity contribution is -0.134. The third kappa shape index (κ3) is 7.89. The fraction of sp³-hybridized carbons (Fsp3) is 0.400. The molecular formula is C25H31FN4O3. The fourth-order valence-electron chi connectivity index (χ4n) is 3.88. The normalized spacial score (nSPS) is 17.4. The number of carbonyl (C=O) groups is 3. The van der Waals surface area contributed by atoms with E-state index in [0.717, 1.165) is 36.8 Å². The van der Waals surface area contributed by atoms with Crippen molar-refractivity contribution in [2.24, 2.45) is 0 Å². The van der Waals surface area contributed by atoms with Gasteiger partial charge >= 0.3 is 6.03 Å². The van der Waals surface area contributed by atoms with Gasteiger partial charge in [-0.15, -0.1) is 0 Å². The molecule has 0 saturated carbocycles. The molecule has 176 valence electrons. The highest BCUT2D eigenvalue weighted by molar-refractivity contribution is 5.85. The molecule has 1 fully saturated rings. The summed E-state index contributed by atoms with van der Waals surface area (Å²) >= 11 is 0. The highest BCUT2D eigenvalue weighted by Gasteiger charge is 2.27. The van der Waals surface area contributed by atoms with Gasteiger partial charge in [0.15, 0.2) is 0 Å². The summed E-state index contributed by atoms with van der Waals surface area (Å²) in [6, 6.07) is 14.5. The van der Waals surface area contributed by atoms with Crippen molar-refractivity contribution in [2.75, 3.05) is 19.6 Å². The summed E-state index contributed by atoms with van der Waals surface area (Å²) in [7, 11) is 0. The summed E-state index contributed by atoms with van der Waals surface area (Å²) in [6.45, 7) is 1.20. The van der Waals surface area contributed by atoms with Crippen molar-refractivity contribution in [3.63, 3.8) is 0 Å². The molecule has 7 nitrogen and oxygen atoms in total. The number of halogens is 1. The molecule has 2 aromatic rings. The van der Waals surface area contributed by atoms with Crippen molar-refractivity contribution in [2.45, 2.75) is 44.7 Å². The molecule has 1 unspecified atom stereocenters. The second kappa shape index (κ2) is 12.6. The molecule has 1 heterocycles. The Hall–Kier alpha value is -3.42. The molecule has 3 rings (SSSR count). The van der Waals surface area contributed by atoms with Crippen molar-refractivity contribution < 1.29 is 18.8 Å². The first kappa shape index (κ1) is 24.2. The Labute approximate surface area is 193 Å². The predicted octanol–water partition coefficient (Wildman–Crippen LogP) is 3.28. The van der Waals surface area contributed by atoms with Crippen LogP contribution in [0.15, 0.2) is 54.6 Å². The van der Waals surface area contributed by atoms with Crippen LogP contribution in [0.25, 0.3) is 0 Å². The minimum Gasteiger partial charge on any atom is -0.356 e. The van der Waals surface area contributed by atoms with E-state index in [1.165, 1.54) is 12.1 Å². The van der Waals surface area contributed by atoms with E-state index in [9.17, 15) is 18.8 Å². The topological polar surface area (TPSA) is 90.5 Å². The van der Waals surface area contributed by atoms with Crippen LogP contribution in [-0.2, 0) is 16.1 Å². The minimum absolute atomic E-state index is 0.0893. The van der Waals surface area contributed by atoms with Gasteiger partial charge in [0.05, 0.1) is 19.0 Å². The molecular weight excluding hydrogens is 423 g/mol. The molecule has 1 aliphatic rings. The van der Waals surface area contributed by atoms with E-state index in [2.05, 4.69) is 16.0 Å². The Kier molecular flexibility index (Phi) is 9.23. The van der Waals surface area contributed by atoms with Crippen LogP contribution in [0.1, 0.15) is 49.3 Å². The summed E-state index contributed by atoms with van der Waals surface area (Å²) in [6.07, 6.45) is 3.88. The second-order valence-corrected chi connectivity index (χ2v) is 8.14. The monoisotopic (exact) mass is 454 g/mol. The van der Waals surface area contributed by atoms with E-state index >= 15 is 0 Å². The van der Waals surface area contributed by atoms with Crippen LogP contribution in [-0.4, -0.2) is 42.4 Å². The maximum Gasteiger partial charge on any atom is 0.315 e. The molecule has 3 N–H and O–H groups in total. The van der Waals surface area contributed by atoms with Crippen LogP contribution >= 0.6 is 0 Å². The highest BCUT2D eigenvalue weighted by Crippen LogP contribution is 2.25. The Balaban J connectivity index is 1.64. The summed E-state index contributed by atoms with van der Waals surface area (Å²) < 4.78 is 13.0. The first-order valence-electron chi connectivity index (χ1n) is 11.4. The number of amides is 4. The first-order chi connectivity index (χ1) is 16.0. The third-order valence-electron chi connectivity index (χ3n) is 5.67. The zero-order valence-corrected chi connectivity index (χ0v) is 18.7. The number of nitrogens with one attached hydrogen (secondary N) is 3. The number of urea groups is 1. The number of benzene rings is 2. The number of rotatable bonds is 5. The fourth-order valence-corrected chi connectivity index (χ4v) is 3.88. The van der Waals surface area contributed by atoms with Crippen LogP contribution in [0, 0.1) is 5.82 Å². The molecule has 0 aliphatic carbocycles. The average molecular weight is 455 g/mol. The van der Waals surface area contributed by atoms with Crippen LogP contribution in [0.5, 0.6) is 0 Å². The quantitative estimate of drug-likeness (QED) is 0.648. The average Bonchev–Trinajstić information content (AvgIpc) is 2.87. The minimum atomic E-state index is -0.487. The Morgan fingerprint density at radius 2 is 1.70 bits per heavy atom. The lowest BCUT2D eigenvalue weighted by Gasteiger charge is -2.32. The lowest BCUT2D eigenvalue weighted by atomic mass is 10.0. The summed E-state index contributed by atoms with van der Waals surface area (Å²) in [4.78, 5) is 39.6. The van der Waals surface area contributed by atoms with Crippen molar-refractivity contribution in [3.8, 4) is 0 Å². The molecule has 2 aromatic carbocycles. The van der Waals surface area contributed by atoms with E-state index < -0.39 is 12.1 Å². The van der Waals surface area contributed by atoms with Crippen LogP contribution < -0.4 is 16.0 Å². The number of carbonyl (C=O) groups excluding carboxylic acids is 3. The third-order valence-corrected chi connectivity index (χ3v) is 5.67. The molecule has 8 heteroatoms. The zero-order chi connectivity index (χ0) is 23.5. The van der Waals surface area contributed by atoms with E-state index in [-0.39, 0.29) is 37.1 Å². The van der Waals surface area contributed by atoms with E-state index in [4.69, 9.17) is 0 Å². The molecule has 0 radical (unpaired) electrons. The van der Waals surface area contributed by atoms with E-state index in [0.29, 0.717) is 13.1 Å². The van der Waals surface area contributed by atoms with Crippen LogP contribution in [0.3, 0.4) is 0 Å². The smallest absolute Gasteiger partial charge is 0.315 e. The van der Waals surface area contributed by atoms with Gasteiger partial charge in [0.1, 0.15) is 5.82 Å². The Morgan fingerprint density at radius 3 is 2.45 bits per heavy atom. The molecule has 0 spiro atoms. The molecule has 4 amide bonds. The van der Waals surface area contributed by atoms with E-state index in [1.54, 1.807) is 17.0 Å². The maximum atomic E-state index is 13.2. The van der Waals surface area contributed by atoms with Crippen LogP contribution in [0.4, 0.5) is 9.18 Å². The molecule has 1 saturated heterocycles. The van der Waals surface area contributed by atoms with Crippen molar-refractivity contribution in [3.05, 3.63) is 71.5 Å². The van der Waals surface area contributed by atoms with Crippen molar-refractivity contribution in [1.29, 1.82) is 0 Å². The number of hydrogen-bond donors (Lipinski definition) is 3. The Morgan fingerprint density at radius 1 is 0.970 bits per heavy atom. The largest absolute Gasteiger partial charge is 0.356 e. The van der Waals surface area contributed by atoms with Gasteiger partial charge in [0, 0.05) is 19.6 Å². The van der Waals surface area contributed by atoms with Gasteiger partial charge in [-0.1, -0.05) is 55.3 Å². The van der Waals surface area contributed by atoms with Gasteiger partial charge in [-0.25, -0.2) is 9.18 Å². The second-order valence-electron chi connectivity index (χ2n) is 8.14. The highest BCUT2D eigenvalue weighted by atomic mass is 19.1. The first-order valence-corrected chi connectivity index (χ1v) is 11.4. The SMILES string of the molecule is O=C1CC(c2ccccc2)N(C(=O)CNC(=O)NCc2ccc(F)cc2)CCCCCCN1. The number of nitrogens with zero attached hydrogens (tertiary/aromatic N) is 1. The predicted molar refractivity (Wildman–Crippen MR) is 124 cm³/mol. The van der Waals surface area contributed by atoms with Gasteiger partial charge in [-0.3, -0.25) is 9.59 Å². The van der Waals surface area contributed by atoms with Gasteiger partial charge in [-0.2, -0.15) is 0 Å². The summed E-state index contributed by atoms with van der Waals surface area (Å²) in [5.41, 5.74) is 1.64. The summed E-state index contributed by atoms with van der Waals surface area (Å²) in [5.74, 6) is -0.674. The standard InChI is InChI=1S/C25H31FN4O3/c26-21-12-10-19(11-13-21)17-28-25(33)29-18-24(32)30-15-7-2-1-6-14-27-23(31)16-22(30)20-8-4-3-5-9-20/h3-5,8-13,22H,1-2,6-7,14-18H2,(H,27,31)(H2,28,29,33). The lowest BCUT2D eigenvalue weighted by Crippen LogP contribution is -2.46. The van der Waals surface area contributed by atoms with Gasteiger partial charge in [-0.05, 0) is 36.1 Å². The van der Waals surface area contributed by atoms with Gasteiger partial charge in [0.2, 0.25) is 11.8 Å². The maximum absolute atomic E-state index is 13.2. The van der Waals surface area contributed by atoms with Crippen molar-refractivity contribution in [1.82, 2.24) is 20.9 Å². The van der Waals surface area contributed by atoms with Gasteiger partial charge in [0.25, 0.3) is 0 Å². The molecule has 1 aliphatic heterocycles. The number of hydrogen-bond acceptors (Lipinski definition) is 3. The Bertz CT molecular complexity index is 921. The molecule has 1 atom stereocenters. The molecule has 0 aromatic heterocycles. The van der Waals surface area contributed by atoms with Crippen LogP contribution in [0.2, 0.25) is 0 Å². The van der Waals surface area contributed by atoms with E-state index in [1.807, 2.05) is 30.3 Å². The van der Waals surface area contributed by atoms with Crippen molar-refractivity contribution >= 4 is 17.8 Å². The molecule has 0 bridgehead atoms. The molecule has 33 heavy (non-hydrogen) atoms. The zero-order valence-electron chi connectivity index (χ0n) is 18.7. The summed E-state index contributed by atoms with van der Waals surface area (Å²) in [5, 5.41) is 8.22. The van der Waals surface area contributed by atoms with Gasteiger partial charge < -0.3 is 20.9 Å².